The molecule has 0 fully saturated rings. The lowest BCUT2D eigenvalue weighted by Gasteiger charge is -2.46. The summed E-state index contributed by atoms with van der Waals surface area (Å²) < 4.78 is 351. The molecule has 0 aliphatic carbocycles. The fourth-order valence-electron chi connectivity index (χ4n) is 9.01. The molecule has 0 unspecified atom stereocenters. The van der Waals surface area contributed by atoms with Crippen molar-refractivity contribution < 1.29 is 115 Å². The quantitative estimate of drug-likeness (QED) is 0.0840. The van der Waals surface area contributed by atoms with Crippen LogP contribution in [0.3, 0.4) is 0 Å². The predicted octanol–water partition coefficient (Wildman–Crippen LogP) is 16.9. The number of aromatic nitrogens is 1. The van der Waals surface area contributed by atoms with Crippen LogP contribution in [0, 0.1) is 13.8 Å². The lowest BCUT2D eigenvalue weighted by Crippen LogP contribution is -2.75. The second-order valence-electron chi connectivity index (χ2n) is 18.4. The monoisotopic (exact) mass is 1210 g/mol. The van der Waals surface area contributed by atoms with Crippen LogP contribution in [0.2, 0.25) is 0 Å². The Labute approximate surface area is 450 Å². The maximum Gasteiger partial charge on any atom is 0.437 e. The van der Waals surface area contributed by atoms with Gasteiger partial charge in [-0.15, -0.1) is 4.57 Å². The average Bonchev–Trinajstić information content (AvgIpc) is 1.69. The molecule has 0 saturated heterocycles. The lowest BCUT2D eigenvalue weighted by molar-refractivity contribution is -0.662. The first-order valence-electron chi connectivity index (χ1n) is 23.0. The fraction of sp³-hybridized carbons (Fsp3) is 0.204. The predicted molar refractivity (Wildman–Crippen MR) is 254 cm³/mol. The van der Waals surface area contributed by atoms with Crippen LogP contribution in [-0.4, -0.2) is 6.15 Å². The molecule has 2 nitrogen and oxygen atoms in total. The van der Waals surface area contributed by atoms with E-state index >= 15 is 0 Å². The van der Waals surface area contributed by atoms with E-state index in [0.717, 1.165) is 17.5 Å². The van der Waals surface area contributed by atoms with E-state index < -0.39 is 195 Å². The smallest absolute Gasteiger partial charge is 0.396 e. The Morgan fingerprint density at radius 1 is 0.366 bits per heavy atom. The van der Waals surface area contributed by atoms with Crippen molar-refractivity contribution in [1.29, 1.82) is 0 Å². The van der Waals surface area contributed by atoms with Crippen molar-refractivity contribution >= 4 is 49.6 Å². The summed E-state index contributed by atoms with van der Waals surface area (Å²) in [5.41, 5.74) is -25.3. The van der Waals surface area contributed by atoms with E-state index in [1.807, 2.05) is 18.2 Å². The topological polar surface area (TPSA) is 13.1 Å². The van der Waals surface area contributed by atoms with E-state index in [2.05, 4.69) is 73.0 Å². The Morgan fingerprint density at radius 2 is 0.671 bits per heavy atom. The summed E-state index contributed by atoms with van der Waals surface area (Å²) in [6.07, 6.45) is -54.8. The van der Waals surface area contributed by atoms with Gasteiger partial charge in [-0.2, -0.15) is 127 Å². The van der Waals surface area contributed by atoms with Crippen molar-refractivity contribution in [2.75, 3.05) is 0 Å². The van der Waals surface area contributed by atoms with E-state index in [1.165, 1.54) is 26.9 Å². The van der Waals surface area contributed by atoms with Gasteiger partial charge >= 0.3 is 54.6 Å². The number of nitrogens with zero attached hydrogens (tertiary/aromatic N) is 1. The third-order valence-corrected chi connectivity index (χ3v) is 14.0. The minimum atomic E-state index is -6.13. The van der Waals surface area contributed by atoms with Gasteiger partial charge in [0.2, 0.25) is 5.52 Å². The summed E-state index contributed by atoms with van der Waals surface area (Å²) in [5.74, 6) is 0.924. The van der Waals surface area contributed by atoms with Crippen LogP contribution in [-0.2, 0) is 56.0 Å². The van der Waals surface area contributed by atoms with Gasteiger partial charge in [-0.25, -0.2) is 0 Å². The summed E-state index contributed by atoms with van der Waals surface area (Å²) in [7, 11) is 0. The molecule has 0 aliphatic heterocycles. The zero-order valence-corrected chi connectivity index (χ0v) is 41.8. The summed E-state index contributed by atoms with van der Waals surface area (Å²) >= 11 is 1.69. The first kappa shape index (κ1) is 62.2. The van der Waals surface area contributed by atoms with Crippen LogP contribution in [0.1, 0.15) is 61.2 Å². The Kier molecular flexibility index (Phi) is 16.5. The van der Waals surface area contributed by atoms with Gasteiger partial charge in [0.25, 0.3) is 0 Å². The molecule has 0 radical (unpaired) electrons. The SMILES string of the molecule is Cc1cccc(Oc2sc3ccccc3[n+]2Cc2ccccc2)c1C.FC(F)(F)c1cc([B-](c2cc(C(F)(F)F)cc(C(F)(F)F)c2)(c2cc(C(F)(F)F)cc(C(F)(F)F)c2)c2cc(C(F)(F)F)cc(C(F)(F)F)c2)cc(C(F)(F)F)c1. The molecular formula is C54H32BF24NOS. The molecule has 82 heavy (non-hydrogen) atoms. The van der Waals surface area contributed by atoms with E-state index in [9.17, 15) is 105 Å². The first-order chi connectivity index (χ1) is 37.5. The largest absolute Gasteiger partial charge is 0.437 e. The van der Waals surface area contributed by atoms with Crippen LogP contribution in [0.25, 0.3) is 10.2 Å². The minimum absolute atomic E-state index is 0.691. The molecule has 0 N–H and O–H groups in total. The Morgan fingerprint density at radius 3 is 0.988 bits per heavy atom. The number of ether oxygens (including phenoxy) is 1. The number of hydrogen-bond acceptors (Lipinski definition) is 2. The first-order valence-corrected chi connectivity index (χ1v) is 23.9. The number of benzene rings is 7. The molecule has 7 aromatic carbocycles. The van der Waals surface area contributed by atoms with Gasteiger partial charge in [0, 0.05) is 11.6 Å². The fourth-order valence-corrected chi connectivity index (χ4v) is 10.0. The summed E-state index contributed by atoms with van der Waals surface area (Å²) in [5, 5.41) is 0.916. The highest BCUT2D eigenvalue weighted by molar-refractivity contribution is 7.20. The average molecular weight is 1210 g/mol. The van der Waals surface area contributed by atoms with Gasteiger partial charge < -0.3 is 4.74 Å². The van der Waals surface area contributed by atoms with E-state index in [-0.39, 0.29) is 0 Å². The molecule has 8 rings (SSSR count). The molecule has 8 aromatic rings. The highest BCUT2D eigenvalue weighted by Crippen LogP contribution is 2.42. The minimum Gasteiger partial charge on any atom is -0.396 e. The molecule has 0 atom stereocenters. The third-order valence-electron chi connectivity index (χ3n) is 12.9. The van der Waals surface area contributed by atoms with Crippen LogP contribution < -0.4 is 31.2 Å². The number of fused-ring (bicyclic) bond motifs is 1. The highest BCUT2D eigenvalue weighted by atomic mass is 32.1. The van der Waals surface area contributed by atoms with Crippen molar-refractivity contribution in [1.82, 2.24) is 0 Å². The number of aryl methyl sites for hydroxylation is 1. The molecule has 28 heteroatoms. The number of hydrogen-bond donors (Lipinski definition) is 0. The maximum absolute atomic E-state index is 14.2. The molecule has 0 amide bonds. The van der Waals surface area contributed by atoms with Crippen molar-refractivity contribution in [3.8, 4) is 10.9 Å². The van der Waals surface area contributed by atoms with E-state index in [4.69, 9.17) is 4.74 Å². The number of rotatable bonds is 8. The van der Waals surface area contributed by atoms with Crippen molar-refractivity contribution in [2.45, 2.75) is 69.8 Å². The van der Waals surface area contributed by atoms with Gasteiger partial charge in [-0.05, 0) is 72.7 Å². The molecule has 0 bridgehead atoms. The zero-order chi connectivity index (χ0) is 61.1. The van der Waals surface area contributed by atoms with Gasteiger partial charge in [0.1, 0.15) is 16.6 Å². The van der Waals surface area contributed by atoms with Gasteiger partial charge in [-0.1, -0.05) is 103 Å². The Bertz CT molecular complexity index is 3180. The Balaban J connectivity index is 0.000000318. The second-order valence-corrected chi connectivity index (χ2v) is 19.4. The molecule has 1 aromatic heterocycles. The van der Waals surface area contributed by atoms with Crippen molar-refractivity contribution in [3.63, 3.8) is 0 Å². The van der Waals surface area contributed by atoms with Crippen LogP contribution in [0.15, 0.2) is 146 Å². The zero-order valence-electron chi connectivity index (χ0n) is 41.0. The van der Waals surface area contributed by atoms with Crippen LogP contribution in [0.4, 0.5) is 105 Å². The molecular weight excluding hydrogens is 1180 g/mol. The number of alkyl halides is 24. The summed E-state index contributed by atoms with van der Waals surface area (Å²) in [4.78, 5) is 0. The molecule has 0 saturated carbocycles. The third kappa shape index (κ3) is 13.6. The normalized spacial score (nSPS) is 13.3. The van der Waals surface area contributed by atoms with E-state index in [1.54, 1.807) is 11.3 Å². The summed E-state index contributed by atoms with van der Waals surface area (Å²) in [6.45, 7) is 5.02. The van der Waals surface area contributed by atoms with Crippen molar-refractivity contribution in [3.05, 3.63) is 207 Å². The van der Waals surface area contributed by atoms with Crippen LogP contribution in [0.5, 0.6) is 10.9 Å². The number of halogens is 24. The number of para-hydroxylation sites is 1. The second kappa shape index (κ2) is 21.7. The molecule has 1 heterocycles. The molecule has 0 spiro atoms. The molecule has 436 valence electrons. The number of thiazole rings is 1. The lowest BCUT2D eigenvalue weighted by atomic mass is 9.12. The standard InChI is InChI=1S/C32H12BF24.C22H20NOS/c34-25(35,36)13-1-14(26(37,38)39)6-21(5-13)33(22-7-15(27(40,41)42)2-16(8-22)28(43,44)45,23-9-17(29(46,47)48)3-18(10-23)30(49,50)51)24-11-19(31(52,53)54)4-20(12-24)32(55,56)57;1-16-9-8-13-20(17(16)2)24-22-23(15-18-10-4-3-5-11-18)19-12-6-7-14-21(19)25-22/h1-12H;3-14H,15H2,1-2H3/q-1;+1. The van der Waals surface area contributed by atoms with Crippen molar-refractivity contribution in [2.24, 2.45) is 0 Å². The Hall–Kier alpha value is -7.39. The maximum atomic E-state index is 14.2. The highest BCUT2D eigenvalue weighted by Gasteiger charge is 2.47. The van der Waals surface area contributed by atoms with Gasteiger partial charge in [0.15, 0.2) is 6.54 Å². The van der Waals surface area contributed by atoms with Gasteiger partial charge in [-0.3, -0.25) is 0 Å². The van der Waals surface area contributed by atoms with Gasteiger partial charge in [0.05, 0.1) is 44.5 Å². The van der Waals surface area contributed by atoms with Crippen LogP contribution >= 0.6 is 11.3 Å². The summed E-state index contributed by atoms with van der Waals surface area (Å²) in [6, 6.07) is 16.4. The molecule has 0 aliphatic rings. The van der Waals surface area contributed by atoms with E-state index in [0.29, 0.717) is 0 Å².